The summed E-state index contributed by atoms with van der Waals surface area (Å²) in [6.45, 7) is 10.9. The first-order valence-electron chi connectivity index (χ1n) is 7.48. The summed E-state index contributed by atoms with van der Waals surface area (Å²) in [5.74, 6) is 0.834. The molecule has 0 aliphatic heterocycles. The van der Waals surface area contributed by atoms with Gasteiger partial charge in [-0.05, 0) is 18.4 Å². The molecule has 0 saturated heterocycles. The first kappa shape index (κ1) is 20.4. The topological polar surface area (TPSA) is 49.3 Å². The number of nitrogens with zero attached hydrogens (tertiary/aromatic N) is 2. The lowest BCUT2D eigenvalue weighted by molar-refractivity contribution is 0.583. The van der Waals surface area contributed by atoms with Gasteiger partial charge in [0, 0.05) is 22.2 Å². The van der Waals surface area contributed by atoms with E-state index in [-0.39, 0.29) is 29.4 Å². The van der Waals surface area contributed by atoms with Gasteiger partial charge in [0.2, 0.25) is 0 Å². The van der Waals surface area contributed by atoms with Crippen molar-refractivity contribution < 1.29 is 0 Å². The number of thiophene rings is 1. The first-order chi connectivity index (χ1) is 10.5. The Kier molecular flexibility index (Phi) is 8.49. The van der Waals surface area contributed by atoms with E-state index in [1.54, 1.807) is 22.7 Å². The van der Waals surface area contributed by atoms with Gasteiger partial charge in [0.05, 0.1) is 23.8 Å². The number of nitrogens with one attached hydrogen (secondary N) is 2. The van der Waals surface area contributed by atoms with Gasteiger partial charge in [0.15, 0.2) is 5.96 Å². The standard InChI is InChI=1S/C16H24N4S2.HI/c1-5-17-15(19-10-13-7-6-8-21-13)18-9-12-11-22-14(20-12)16(2,3)4;/h6-8,11H,5,9-10H2,1-4H3,(H2,17,18,19);1H. The normalized spacial score (nSPS) is 11.9. The molecule has 0 unspecified atom stereocenters. The van der Waals surface area contributed by atoms with Crippen molar-refractivity contribution in [2.24, 2.45) is 4.99 Å². The first-order valence-corrected chi connectivity index (χ1v) is 9.24. The average molecular weight is 464 g/mol. The summed E-state index contributed by atoms with van der Waals surface area (Å²) in [6, 6.07) is 4.19. The highest BCUT2D eigenvalue weighted by Gasteiger charge is 2.17. The molecule has 0 aliphatic rings. The molecule has 0 saturated carbocycles. The molecule has 0 atom stereocenters. The molecule has 0 bridgehead atoms. The fraction of sp³-hybridized carbons (Fsp3) is 0.500. The Morgan fingerprint density at radius 3 is 2.61 bits per heavy atom. The maximum atomic E-state index is 4.68. The Balaban J connectivity index is 0.00000264. The Morgan fingerprint density at radius 2 is 2.04 bits per heavy atom. The Bertz CT molecular complexity index is 600. The van der Waals surface area contributed by atoms with Gasteiger partial charge in [0.25, 0.3) is 0 Å². The summed E-state index contributed by atoms with van der Waals surface area (Å²) in [5.41, 5.74) is 1.14. The minimum atomic E-state index is 0. The lowest BCUT2D eigenvalue weighted by atomic mass is 9.98. The molecular weight excluding hydrogens is 439 g/mol. The number of aromatic nitrogens is 1. The number of aliphatic imine (C=N–C) groups is 1. The Morgan fingerprint density at radius 1 is 1.26 bits per heavy atom. The Labute approximate surface area is 163 Å². The third kappa shape index (κ3) is 6.76. The molecule has 2 aromatic rings. The number of guanidine groups is 1. The smallest absolute Gasteiger partial charge is 0.191 e. The van der Waals surface area contributed by atoms with Crippen molar-refractivity contribution in [3.63, 3.8) is 0 Å². The highest BCUT2D eigenvalue weighted by atomic mass is 127. The van der Waals surface area contributed by atoms with Crippen LogP contribution in [0.1, 0.15) is 43.3 Å². The minimum absolute atomic E-state index is 0. The van der Waals surface area contributed by atoms with Crippen LogP contribution in [0.3, 0.4) is 0 Å². The molecule has 2 heterocycles. The summed E-state index contributed by atoms with van der Waals surface area (Å²) in [6.07, 6.45) is 0. The van der Waals surface area contributed by atoms with Crippen LogP contribution < -0.4 is 10.6 Å². The zero-order valence-corrected chi connectivity index (χ0v) is 18.0. The molecule has 0 aliphatic carbocycles. The van der Waals surface area contributed by atoms with Crippen LogP contribution in [0.25, 0.3) is 0 Å². The zero-order valence-electron chi connectivity index (χ0n) is 14.0. The van der Waals surface area contributed by atoms with Gasteiger partial charge in [-0.25, -0.2) is 9.98 Å². The number of hydrogen-bond donors (Lipinski definition) is 2. The van der Waals surface area contributed by atoms with E-state index in [0.29, 0.717) is 6.54 Å². The van der Waals surface area contributed by atoms with Crippen molar-refractivity contribution in [2.75, 3.05) is 6.54 Å². The number of thiazole rings is 1. The molecule has 0 spiro atoms. The molecule has 0 amide bonds. The number of hydrogen-bond acceptors (Lipinski definition) is 4. The van der Waals surface area contributed by atoms with Gasteiger partial charge in [-0.1, -0.05) is 26.8 Å². The molecule has 0 fully saturated rings. The predicted molar refractivity (Wildman–Crippen MR) is 112 cm³/mol. The van der Waals surface area contributed by atoms with E-state index in [9.17, 15) is 0 Å². The van der Waals surface area contributed by atoms with Crippen molar-refractivity contribution in [1.82, 2.24) is 15.6 Å². The molecule has 4 nitrogen and oxygen atoms in total. The van der Waals surface area contributed by atoms with E-state index < -0.39 is 0 Å². The van der Waals surface area contributed by atoms with Gasteiger partial charge in [-0.2, -0.15) is 0 Å². The van der Waals surface area contributed by atoms with Crippen molar-refractivity contribution in [3.8, 4) is 0 Å². The van der Waals surface area contributed by atoms with Crippen LogP contribution in [0.5, 0.6) is 0 Å². The fourth-order valence-electron chi connectivity index (χ4n) is 1.81. The van der Waals surface area contributed by atoms with Gasteiger partial charge in [-0.3, -0.25) is 0 Å². The number of halogens is 1. The van der Waals surface area contributed by atoms with Crippen molar-refractivity contribution in [1.29, 1.82) is 0 Å². The largest absolute Gasteiger partial charge is 0.357 e. The Hall–Kier alpha value is -0.670. The number of rotatable bonds is 5. The molecular formula is C16H25IN4S2. The van der Waals surface area contributed by atoms with E-state index in [0.717, 1.165) is 29.8 Å². The summed E-state index contributed by atoms with van der Waals surface area (Å²) in [7, 11) is 0. The summed E-state index contributed by atoms with van der Waals surface area (Å²) < 4.78 is 0. The second kappa shape index (κ2) is 9.58. The lowest BCUT2D eigenvalue weighted by Crippen LogP contribution is -2.36. The van der Waals surface area contributed by atoms with E-state index in [4.69, 9.17) is 0 Å². The van der Waals surface area contributed by atoms with E-state index in [1.165, 1.54) is 4.88 Å². The van der Waals surface area contributed by atoms with Crippen LogP contribution in [0.15, 0.2) is 27.9 Å². The van der Waals surface area contributed by atoms with Crippen LogP contribution in [0.4, 0.5) is 0 Å². The van der Waals surface area contributed by atoms with Gasteiger partial charge in [0.1, 0.15) is 0 Å². The molecule has 2 rings (SSSR count). The van der Waals surface area contributed by atoms with Crippen molar-refractivity contribution in [2.45, 2.75) is 46.2 Å². The molecule has 0 radical (unpaired) electrons. The van der Waals surface area contributed by atoms with E-state index in [2.05, 4.69) is 71.2 Å². The zero-order chi connectivity index (χ0) is 16.0. The quantitative estimate of drug-likeness (QED) is 0.393. The fourth-order valence-corrected chi connectivity index (χ4v) is 3.35. The van der Waals surface area contributed by atoms with Crippen LogP contribution in [0.2, 0.25) is 0 Å². The summed E-state index contributed by atoms with van der Waals surface area (Å²) in [4.78, 5) is 10.6. The monoisotopic (exact) mass is 464 g/mol. The van der Waals surface area contributed by atoms with Gasteiger partial charge < -0.3 is 10.6 Å². The maximum Gasteiger partial charge on any atom is 0.191 e. The molecule has 0 aromatic carbocycles. The third-order valence-electron chi connectivity index (χ3n) is 2.95. The summed E-state index contributed by atoms with van der Waals surface area (Å²) >= 11 is 3.46. The SMILES string of the molecule is CCNC(=NCc1csc(C(C)(C)C)n1)NCc1cccs1.I. The van der Waals surface area contributed by atoms with E-state index in [1.807, 2.05) is 0 Å². The average Bonchev–Trinajstić information content (AvgIpc) is 3.12. The van der Waals surface area contributed by atoms with Crippen LogP contribution in [-0.2, 0) is 18.5 Å². The van der Waals surface area contributed by atoms with Crippen LogP contribution in [-0.4, -0.2) is 17.5 Å². The van der Waals surface area contributed by atoms with Crippen molar-refractivity contribution >= 4 is 52.6 Å². The molecule has 2 aromatic heterocycles. The van der Waals surface area contributed by atoms with Crippen LogP contribution >= 0.6 is 46.7 Å². The minimum Gasteiger partial charge on any atom is -0.357 e. The van der Waals surface area contributed by atoms with E-state index >= 15 is 0 Å². The molecule has 23 heavy (non-hydrogen) atoms. The predicted octanol–water partition coefficient (Wildman–Crippen LogP) is 4.38. The highest BCUT2D eigenvalue weighted by Crippen LogP contribution is 2.25. The third-order valence-corrected chi connectivity index (χ3v) is 5.14. The van der Waals surface area contributed by atoms with Gasteiger partial charge >= 0.3 is 0 Å². The molecule has 2 N–H and O–H groups in total. The molecule has 7 heteroatoms. The second-order valence-electron chi connectivity index (χ2n) is 6.02. The molecule has 128 valence electrons. The van der Waals surface area contributed by atoms with Crippen molar-refractivity contribution in [3.05, 3.63) is 38.5 Å². The summed E-state index contributed by atoms with van der Waals surface area (Å²) in [5, 5.41) is 12.0. The second-order valence-corrected chi connectivity index (χ2v) is 7.91. The lowest BCUT2D eigenvalue weighted by Gasteiger charge is -2.13. The van der Waals surface area contributed by atoms with Gasteiger partial charge in [-0.15, -0.1) is 46.7 Å². The van der Waals surface area contributed by atoms with Crippen LogP contribution in [0, 0.1) is 0 Å². The highest BCUT2D eigenvalue weighted by molar-refractivity contribution is 14.0. The maximum absolute atomic E-state index is 4.68.